The van der Waals surface area contributed by atoms with Crippen molar-refractivity contribution in [1.82, 2.24) is 9.62 Å². The van der Waals surface area contributed by atoms with Crippen molar-refractivity contribution in [3.05, 3.63) is 29.3 Å². The third kappa shape index (κ3) is 4.68. The predicted molar refractivity (Wildman–Crippen MR) is 121 cm³/mol. The SMILES string of the molecule is Cc1ccc2c(c1)[C@H]1CC[C@H](CC1)OC[C@H]1[C@@H](NS(=O)(=O)C3CC3)CCCN1C(=O)CO2. The molecular weight excluding hydrogens is 428 g/mol. The molecular formula is C24H34N2O5S. The molecule has 3 fully saturated rings. The molecule has 5 aliphatic rings. The standard InChI is InChI=1S/C24H34N2O5S/c1-16-4-11-23-20(13-16)17-5-7-18(8-6-17)30-14-22-21(25-32(28,29)19-9-10-19)3-2-12-26(22)24(27)15-31-23/h4,11,13,17-19,21-22,25H,2-3,5-10,12,14-15H2,1H3/t17-,18+,21-,22-/m0/s1. The quantitative estimate of drug-likeness (QED) is 0.747. The van der Waals surface area contributed by atoms with Gasteiger partial charge < -0.3 is 14.4 Å². The smallest absolute Gasteiger partial charge is 0.260 e. The fourth-order valence-electron chi connectivity index (χ4n) is 5.51. The highest BCUT2D eigenvalue weighted by Gasteiger charge is 2.42. The predicted octanol–water partition coefficient (Wildman–Crippen LogP) is 2.87. The van der Waals surface area contributed by atoms with E-state index >= 15 is 0 Å². The molecule has 0 spiro atoms. The van der Waals surface area contributed by atoms with E-state index in [-0.39, 0.29) is 36.0 Å². The number of sulfonamides is 1. The molecule has 176 valence electrons. The molecule has 32 heavy (non-hydrogen) atoms. The number of carbonyl (C=O) groups excluding carboxylic acids is 1. The molecule has 2 aliphatic carbocycles. The number of amides is 1. The second kappa shape index (κ2) is 8.95. The number of ether oxygens (including phenoxy) is 2. The highest BCUT2D eigenvalue weighted by atomic mass is 32.2. The summed E-state index contributed by atoms with van der Waals surface area (Å²) in [5.41, 5.74) is 2.39. The number of nitrogens with zero attached hydrogens (tertiary/aromatic N) is 1. The summed E-state index contributed by atoms with van der Waals surface area (Å²) in [4.78, 5) is 15.0. The van der Waals surface area contributed by atoms with Gasteiger partial charge in [0.05, 0.1) is 24.0 Å². The van der Waals surface area contributed by atoms with Gasteiger partial charge in [-0.2, -0.15) is 0 Å². The maximum Gasteiger partial charge on any atom is 0.260 e. The van der Waals surface area contributed by atoms with E-state index < -0.39 is 10.0 Å². The second-order valence-electron chi connectivity index (χ2n) is 9.90. The Morgan fingerprint density at radius 2 is 1.84 bits per heavy atom. The molecule has 6 rings (SSSR count). The molecule has 2 atom stereocenters. The van der Waals surface area contributed by atoms with Crippen molar-refractivity contribution in [2.75, 3.05) is 19.8 Å². The van der Waals surface area contributed by atoms with Crippen LogP contribution < -0.4 is 9.46 Å². The third-order valence-corrected chi connectivity index (χ3v) is 9.49. The molecule has 1 aromatic carbocycles. The molecule has 1 saturated heterocycles. The Labute approximate surface area is 190 Å². The Balaban J connectivity index is 1.41. The zero-order valence-electron chi connectivity index (χ0n) is 18.8. The van der Waals surface area contributed by atoms with Gasteiger partial charge in [-0.25, -0.2) is 13.1 Å². The molecule has 1 N–H and O–H groups in total. The maximum absolute atomic E-state index is 13.2. The number of fused-ring (bicyclic) bond motifs is 5. The van der Waals surface area contributed by atoms with Crippen LogP contribution in [0.5, 0.6) is 5.75 Å². The first kappa shape index (κ1) is 22.2. The fourth-order valence-corrected chi connectivity index (χ4v) is 7.16. The average molecular weight is 463 g/mol. The monoisotopic (exact) mass is 462 g/mol. The number of nitrogens with one attached hydrogen (secondary N) is 1. The third-order valence-electron chi connectivity index (χ3n) is 7.51. The number of aryl methyl sites for hydroxylation is 1. The Kier molecular flexibility index (Phi) is 6.20. The van der Waals surface area contributed by atoms with Gasteiger partial charge in [0.15, 0.2) is 6.61 Å². The zero-order chi connectivity index (χ0) is 22.3. The van der Waals surface area contributed by atoms with Crippen molar-refractivity contribution < 1.29 is 22.7 Å². The Bertz CT molecular complexity index is 953. The molecule has 0 unspecified atom stereocenters. The zero-order valence-corrected chi connectivity index (χ0v) is 19.6. The molecule has 2 saturated carbocycles. The molecule has 1 aromatic rings. The molecule has 2 bridgehead atoms. The lowest BCUT2D eigenvalue weighted by molar-refractivity contribution is -0.140. The maximum atomic E-state index is 13.2. The van der Waals surface area contributed by atoms with Crippen LogP contribution in [0.3, 0.4) is 0 Å². The summed E-state index contributed by atoms with van der Waals surface area (Å²) in [7, 11) is -3.34. The normalized spacial score (nSPS) is 31.5. The Hall–Kier alpha value is -1.64. The lowest BCUT2D eigenvalue weighted by Crippen LogP contribution is -2.60. The largest absolute Gasteiger partial charge is 0.483 e. The molecule has 1 amide bonds. The van der Waals surface area contributed by atoms with Gasteiger partial charge in [-0.15, -0.1) is 0 Å². The first-order valence-corrected chi connectivity index (χ1v) is 13.6. The van der Waals surface area contributed by atoms with Crippen molar-refractivity contribution in [3.63, 3.8) is 0 Å². The molecule has 7 nitrogen and oxygen atoms in total. The van der Waals surface area contributed by atoms with Crippen molar-refractivity contribution in [1.29, 1.82) is 0 Å². The molecule has 0 aromatic heterocycles. The van der Waals surface area contributed by atoms with Crippen LogP contribution in [0.4, 0.5) is 0 Å². The van der Waals surface area contributed by atoms with Gasteiger partial charge in [0.1, 0.15) is 5.75 Å². The first-order chi connectivity index (χ1) is 15.4. The summed E-state index contributed by atoms with van der Waals surface area (Å²) < 4.78 is 40.6. The number of carbonyl (C=O) groups is 1. The number of benzene rings is 1. The van der Waals surface area contributed by atoms with Gasteiger partial charge in [0, 0.05) is 12.6 Å². The van der Waals surface area contributed by atoms with Crippen molar-refractivity contribution in [3.8, 4) is 5.75 Å². The van der Waals surface area contributed by atoms with E-state index in [9.17, 15) is 13.2 Å². The van der Waals surface area contributed by atoms with Gasteiger partial charge >= 0.3 is 0 Å². The van der Waals surface area contributed by atoms with Crippen LogP contribution in [0.15, 0.2) is 18.2 Å². The lowest BCUT2D eigenvalue weighted by Gasteiger charge is -2.42. The minimum atomic E-state index is -3.34. The Morgan fingerprint density at radius 1 is 1.06 bits per heavy atom. The summed E-state index contributed by atoms with van der Waals surface area (Å²) in [6.07, 6.45) is 7.09. The van der Waals surface area contributed by atoms with Crippen molar-refractivity contribution >= 4 is 15.9 Å². The van der Waals surface area contributed by atoms with Crippen LogP contribution >= 0.6 is 0 Å². The van der Waals surface area contributed by atoms with Crippen LogP contribution in [-0.4, -0.2) is 62.4 Å². The summed E-state index contributed by atoms with van der Waals surface area (Å²) in [6.45, 7) is 3.02. The first-order valence-electron chi connectivity index (χ1n) is 12.1. The summed E-state index contributed by atoms with van der Waals surface area (Å²) in [6, 6.07) is 5.60. The number of piperidine rings is 1. The van der Waals surface area contributed by atoms with Crippen LogP contribution in [-0.2, 0) is 19.6 Å². The van der Waals surface area contributed by atoms with Crippen LogP contribution in [0, 0.1) is 6.92 Å². The second-order valence-corrected chi connectivity index (χ2v) is 11.9. The van der Waals surface area contributed by atoms with E-state index in [1.165, 1.54) is 11.1 Å². The van der Waals surface area contributed by atoms with Crippen molar-refractivity contribution in [2.45, 2.75) is 87.6 Å². The van der Waals surface area contributed by atoms with Gasteiger partial charge in [-0.05, 0) is 75.8 Å². The topological polar surface area (TPSA) is 84.9 Å². The Morgan fingerprint density at radius 3 is 2.59 bits per heavy atom. The molecule has 3 aliphatic heterocycles. The molecule has 3 heterocycles. The average Bonchev–Trinajstić information content (AvgIpc) is 3.63. The van der Waals surface area contributed by atoms with Crippen LogP contribution in [0.25, 0.3) is 0 Å². The van der Waals surface area contributed by atoms with Crippen LogP contribution in [0.1, 0.15) is 68.4 Å². The molecule has 0 radical (unpaired) electrons. The number of hydrogen-bond acceptors (Lipinski definition) is 5. The molecule has 8 heteroatoms. The van der Waals surface area contributed by atoms with E-state index in [1.807, 2.05) is 12.1 Å². The summed E-state index contributed by atoms with van der Waals surface area (Å²) in [5.74, 6) is 1.11. The van der Waals surface area contributed by atoms with E-state index in [1.54, 1.807) is 4.90 Å². The highest BCUT2D eigenvalue weighted by molar-refractivity contribution is 7.90. The lowest BCUT2D eigenvalue weighted by atomic mass is 9.82. The number of rotatable bonds is 3. The van der Waals surface area contributed by atoms with E-state index in [2.05, 4.69) is 17.7 Å². The van der Waals surface area contributed by atoms with Crippen LogP contribution in [0.2, 0.25) is 0 Å². The minimum Gasteiger partial charge on any atom is -0.483 e. The fraction of sp³-hybridized carbons (Fsp3) is 0.708. The van der Waals surface area contributed by atoms with Crippen molar-refractivity contribution in [2.24, 2.45) is 0 Å². The van der Waals surface area contributed by atoms with Gasteiger partial charge in [0.2, 0.25) is 10.0 Å². The van der Waals surface area contributed by atoms with E-state index in [4.69, 9.17) is 9.47 Å². The highest BCUT2D eigenvalue weighted by Crippen LogP contribution is 2.39. The van der Waals surface area contributed by atoms with E-state index in [0.717, 1.165) is 57.1 Å². The summed E-state index contributed by atoms with van der Waals surface area (Å²) in [5, 5.41) is -0.275. The van der Waals surface area contributed by atoms with Gasteiger partial charge in [-0.1, -0.05) is 17.7 Å². The summed E-state index contributed by atoms with van der Waals surface area (Å²) >= 11 is 0. The van der Waals surface area contributed by atoms with E-state index in [0.29, 0.717) is 19.1 Å². The number of hydrogen-bond donors (Lipinski definition) is 1. The van der Waals surface area contributed by atoms with Gasteiger partial charge in [-0.3, -0.25) is 4.79 Å². The minimum absolute atomic E-state index is 0.0369. The van der Waals surface area contributed by atoms with Gasteiger partial charge in [0.25, 0.3) is 5.91 Å².